The van der Waals surface area contributed by atoms with E-state index in [1.807, 2.05) is 6.07 Å². The van der Waals surface area contributed by atoms with Gasteiger partial charge in [-0.15, -0.1) is 11.3 Å². The second kappa shape index (κ2) is 9.73. The van der Waals surface area contributed by atoms with Crippen molar-refractivity contribution in [2.45, 2.75) is 30.9 Å². The first-order valence-corrected chi connectivity index (χ1v) is 12.4. The van der Waals surface area contributed by atoms with Gasteiger partial charge < -0.3 is 10.2 Å². The Labute approximate surface area is 177 Å². The third kappa shape index (κ3) is 5.38. The maximum Gasteiger partial charge on any atom is 0.252 e. The van der Waals surface area contributed by atoms with Gasteiger partial charge in [0.15, 0.2) is 0 Å². The molecule has 0 bridgehead atoms. The van der Waals surface area contributed by atoms with Crippen molar-refractivity contribution >= 4 is 33.0 Å². The standard InChI is InChI=1S/C21H29N3O3S2/c1-3-23(19-7-4-6-17(2)16-19)14-11-22-21(25)18-9-12-24(13-10-18)29(26,27)20-8-5-15-28-20/h4-8,15-16,18H,3,9-14H2,1-2H3,(H,22,25). The molecule has 1 aromatic carbocycles. The summed E-state index contributed by atoms with van der Waals surface area (Å²) in [6.45, 7) is 7.16. The number of piperidine rings is 1. The second-order valence-corrected chi connectivity index (χ2v) is 10.4. The Hall–Kier alpha value is -1.90. The highest BCUT2D eigenvalue weighted by atomic mass is 32.2. The maximum absolute atomic E-state index is 12.6. The summed E-state index contributed by atoms with van der Waals surface area (Å²) in [5, 5.41) is 4.80. The van der Waals surface area contributed by atoms with Crippen LogP contribution >= 0.6 is 11.3 Å². The molecule has 0 aliphatic carbocycles. The van der Waals surface area contributed by atoms with Gasteiger partial charge in [-0.1, -0.05) is 18.2 Å². The van der Waals surface area contributed by atoms with E-state index in [0.717, 1.165) is 18.8 Å². The second-order valence-electron chi connectivity index (χ2n) is 7.32. The summed E-state index contributed by atoms with van der Waals surface area (Å²) in [4.78, 5) is 14.8. The highest BCUT2D eigenvalue weighted by molar-refractivity contribution is 7.91. The van der Waals surface area contributed by atoms with Crippen molar-refractivity contribution in [2.24, 2.45) is 5.92 Å². The van der Waals surface area contributed by atoms with Crippen LogP contribution in [0.2, 0.25) is 0 Å². The molecule has 2 heterocycles. The summed E-state index contributed by atoms with van der Waals surface area (Å²) in [5.41, 5.74) is 2.38. The van der Waals surface area contributed by atoms with E-state index < -0.39 is 10.0 Å². The molecule has 1 saturated heterocycles. The van der Waals surface area contributed by atoms with Crippen molar-refractivity contribution < 1.29 is 13.2 Å². The fourth-order valence-corrected chi connectivity index (χ4v) is 6.26. The lowest BCUT2D eigenvalue weighted by molar-refractivity contribution is -0.126. The van der Waals surface area contributed by atoms with E-state index in [9.17, 15) is 13.2 Å². The Bertz CT molecular complexity index is 905. The van der Waals surface area contributed by atoms with Gasteiger partial charge in [-0.25, -0.2) is 8.42 Å². The van der Waals surface area contributed by atoms with Crippen LogP contribution in [0.15, 0.2) is 46.0 Å². The average molecular weight is 436 g/mol. The quantitative estimate of drug-likeness (QED) is 0.692. The molecule has 0 saturated carbocycles. The number of anilines is 1. The van der Waals surface area contributed by atoms with Crippen LogP contribution in [0.25, 0.3) is 0 Å². The van der Waals surface area contributed by atoms with Crippen LogP contribution in [0.3, 0.4) is 0 Å². The topological polar surface area (TPSA) is 69.7 Å². The minimum Gasteiger partial charge on any atom is -0.370 e. The van der Waals surface area contributed by atoms with E-state index in [2.05, 4.69) is 42.3 Å². The fourth-order valence-electron chi connectivity index (χ4n) is 3.65. The smallest absolute Gasteiger partial charge is 0.252 e. The first kappa shape index (κ1) is 21.8. The SMILES string of the molecule is CCN(CCNC(=O)C1CCN(S(=O)(=O)c2cccs2)CC1)c1cccc(C)c1. The summed E-state index contributed by atoms with van der Waals surface area (Å²) in [7, 11) is -3.42. The van der Waals surface area contributed by atoms with Gasteiger partial charge in [-0.05, 0) is 55.8 Å². The molecular formula is C21H29N3O3S2. The summed E-state index contributed by atoms with van der Waals surface area (Å²) in [6.07, 6.45) is 1.12. The van der Waals surface area contributed by atoms with Crippen LogP contribution in [0.5, 0.6) is 0 Å². The van der Waals surface area contributed by atoms with Crippen LogP contribution in [-0.4, -0.2) is 51.4 Å². The van der Waals surface area contributed by atoms with E-state index in [-0.39, 0.29) is 11.8 Å². The predicted molar refractivity (Wildman–Crippen MR) is 118 cm³/mol. The van der Waals surface area contributed by atoms with E-state index in [1.54, 1.807) is 17.5 Å². The number of nitrogens with zero attached hydrogens (tertiary/aromatic N) is 2. The van der Waals surface area contributed by atoms with Crippen molar-refractivity contribution in [1.82, 2.24) is 9.62 Å². The van der Waals surface area contributed by atoms with Crippen molar-refractivity contribution in [3.05, 3.63) is 47.3 Å². The molecular weight excluding hydrogens is 406 g/mol. The number of benzene rings is 1. The molecule has 2 aromatic rings. The fraction of sp³-hybridized carbons (Fsp3) is 0.476. The summed E-state index contributed by atoms with van der Waals surface area (Å²) < 4.78 is 27.1. The zero-order valence-electron chi connectivity index (χ0n) is 17.0. The molecule has 6 nitrogen and oxygen atoms in total. The number of carbonyl (C=O) groups is 1. The third-order valence-corrected chi connectivity index (χ3v) is 8.62. The van der Waals surface area contributed by atoms with Gasteiger partial charge in [0.2, 0.25) is 5.91 Å². The van der Waals surface area contributed by atoms with Crippen molar-refractivity contribution in [3.63, 3.8) is 0 Å². The number of rotatable bonds is 8. The third-order valence-electron chi connectivity index (χ3n) is 5.34. The van der Waals surface area contributed by atoms with Gasteiger partial charge in [0.1, 0.15) is 4.21 Å². The molecule has 3 rings (SSSR count). The molecule has 0 spiro atoms. The Morgan fingerprint density at radius 2 is 2.00 bits per heavy atom. The first-order valence-electron chi connectivity index (χ1n) is 10.0. The number of amides is 1. The first-order chi connectivity index (χ1) is 13.9. The molecule has 1 aromatic heterocycles. The number of hydrogen-bond acceptors (Lipinski definition) is 5. The molecule has 0 radical (unpaired) electrons. The lowest BCUT2D eigenvalue weighted by atomic mass is 9.97. The molecule has 1 N–H and O–H groups in total. The van der Waals surface area contributed by atoms with Crippen molar-refractivity contribution in [3.8, 4) is 0 Å². The van der Waals surface area contributed by atoms with Crippen LogP contribution in [0.1, 0.15) is 25.3 Å². The minimum absolute atomic E-state index is 0.0264. The van der Waals surface area contributed by atoms with E-state index in [1.165, 1.54) is 21.2 Å². The van der Waals surface area contributed by atoms with Crippen LogP contribution < -0.4 is 10.2 Å². The number of sulfonamides is 1. The minimum atomic E-state index is -3.42. The molecule has 1 aliphatic rings. The number of nitrogens with one attached hydrogen (secondary N) is 1. The van der Waals surface area contributed by atoms with Gasteiger partial charge in [-0.3, -0.25) is 4.79 Å². The van der Waals surface area contributed by atoms with Crippen LogP contribution in [0.4, 0.5) is 5.69 Å². The van der Waals surface area contributed by atoms with Gasteiger partial charge >= 0.3 is 0 Å². The van der Waals surface area contributed by atoms with Gasteiger partial charge in [0, 0.05) is 44.3 Å². The lowest BCUT2D eigenvalue weighted by Gasteiger charge is -2.30. The van der Waals surface area contributed by atoms with Crippen molar-refractivity contribution in [2.75, 3.05) is 37.6 Å². The monoisotopic (exact) mass is 435 g/mol. The van der Waals surface area contributed by atoms with Crippen LogP contribution in [0, 0.1) is 12.8 Å². The number of carbonyl (C=O) groups excluding carboxylic acids is 1. The summed E-state index contributed by atoms with van der Waals surface area (Å²) in [6, 6.07) is 11.7. The van der Waals surface area contributed by atoms with Gasteiger partial charge in [0.25, 0.3) is 10.0 Å². The predicted octanol–water partition coefficient (Wildman–Crippen LogP) is 3.10. The Morgan fingerprint density at radius 3 is 2.62 bits per heavy atom. The van der Waals surface area contributed by atoms with E-state index in [4.69, 9.17) is 0 Å². The molecule has 0 atom stereocenters. The lowest BCUT2D eigenvalue weighted by Crippen LogP contribution is -2.44. The van der Waals surface area contributed by atoms with E-state index >= 15 is 0 Å². The highest BCUT2D eigenvalue weighted by Gasteiger charge is 2.32. The number of hydrogen-bond donors (Lipinski definition) is 1. The molecule has 1 aliphatic heterocycles. The Morgan fingerprint density at radius 1 is 1.24 bits per heavy atom. The zero-order valence-corrected chi connectivity index (χ0v) is 18.6. The van der Waals surface area contributed by atoms with Gasteiger partial charge in [0.05, 0.1) is 0 Å². The number of aryl methyl sites for hydroxylation is 1. The molecule has 8 heteroatoms. The highest BCUT2D eigenvalue weighted by Crippen LogP contribution is 2.26. The summed E-state index contributed by atoms with van der Waals surface area (Å²) >= 11 is 1.23. The molecule has 1 amide bonds. The van der Waals surface area contributed by atoms with Crippen molar-refractivity contribution in [1.29, 1.82) is 0 Å². The zero-order chi connectivity index (χ0) is 20.9. The number of thiophene rings is 1. The molecule has 29 heavy (non-hydrogen) atoms. The average Bonchev–Trinajstić information content (AvgIpc) is 3.27. The molecule has 1 fully saturated rings. The summed E-state index contributed by atoms with van der Waals surface area (Å²) in [5.74, 6) is -0.0997. The molecule has 158 valence electrons. The van der Waals surface area contributed by atoms with Crippen LogP contribution in [-0.2, 0) is 14.8 Å². The van der Waals surface area contributed by atoms with Gasteiger partial charge in [-0.2, -0.15) is 4.31 Å². The van der Waals surface area contributed by atoms with E-state index in [0.29, 0.717) is 36.7 Å². The Kier molecular flexibility index (Phi) is 7.32. The molecule has 0 unspecified atom stereocenters. The number of likely N-dealkylation sites (N-methyl/N-ethyl adjacent to an activating group) is 1. The largest absolute Gasteiger partial charge is 0.370 e. The maximum atomic E-state index is 12.6. The Balaban J connectivity index is 1.46. The normalized spacial score (nSPS) is 15.9.